The van der Waals surface area contributed by atoms with Gasteiger partial charge in [0.25, 0.3) is 5.91 Å². The molecule has 1 atom stereocenters. The van der Waals surface area contributed by atoms with Crippen molar-refractivity contribution in [3.8, 4) is 0 Å². The van der Waals surface area contributed by atoms with Crippen molar-refractivity contribution in [2.24, 2.45) is 0 Å². The van der Waals surface area contributed by atoms with E-state index in [1.807, 2.05) is 4.90 Å². The number of aryl methyl sites for hydroxylation is 1. The van der Waals surface area contributed by atoms with Gasteiger partial charge in [-0.1, -0.05) is 29.8 Å². The van der Waals surface area contributed by atoms with Gasteiger partial charge in [0.2, 0.25) is 5.91 Å². The van der Waals surface area contributed by atoms with E-state index in [1.165, 1.54) is 22.3 Å². The zero-order valence-electron chi connectivity index (χ0n) is 16.9. The van der Waals surface area contributed by atoms with Gasteiger partial charge >= 0.3 is 0 Å². The Bertz CT molecular complexity index is 1050. The largest absolute Gasteiger partial charge is 0.459 e. The fraction of sp³-hybridized carbons (Fsp3) is 0.333. The Morgan fingerprint density at radius 2 is 1.97 bits per heavy atom. The minimum atomic E-state index is -0.198. The molecular formula is C24H24N2O3S. The van der Waals surface area contributed by atoms with Crippen LogP contribution in [0.2, 0.25) is 0 Å². The Morgan fingerprint density at radius 1 is 1.17 bits per heavy atom. The maximum Gasteiger partial charge on any atom is 0.290 e. The summed E-state index contributed by atoms with van der Waals surface area (Å²) in [6.07, 6.45) is 4.23. The number of rotatable bonds is 5. The average molecular weight is 421 g/mol. The smallest absolute Gasteiger partial charge is 0.290 e. The second kappa shape index (κ2) is 7.76. The number of benzene rings is 1. The molecule has 5 rings (SSSR count). The quantitative estimate of drug-likeness (QED) is 0.614. The van der Waals surface area contributed by atoms with E-state index in [1.54, 1.807) is 28.4 Å². The lowest BCUT2D eigenvalue weighted by Crippen LogP contribution is -2.47. The van der Waals surface area contributed by atoms with E-state index >= 15 is 0 Å². The predicted molar refractivity (Wildman–Crippen MR) is 116 cm³/mol. The first kappa shape index (κ1) is 19.1. The highest BCUT2D eigenvalue weighted by atomic mass is 32.1. The van der Waals surface area contributed by atoms with Gasteiger partial charge in [0.05, 0.1) is 12.3 Å². The third-order valence-electron chi connectivity index (χ3n) is 5.97. The minimum Gasteiger partial charge on any atom is -0.459 e. The molecule has 0 radical (unpaired) electrons. The standard InChI is InChI=1S/C24H24N2O3S/c1-16-4-6-17(7-5-16)23-19-11-14-30-21(19)10-12-25(23)22(27)15-26(18-8-9-18)24(28)20-3-2-13-29-20/h2-7,11,13-14,18,23H,8-10,12,15H2,1H3/t23-/m1/s1. The van der Waals surface area contributed by atoms with Gasteiger partial charge in [-0.3, -0.25) is 9.59 Å². The molecule has 1 aliphatic heterocycles. The molecule has 0 N–H and O–H groups in total. The molecule has 3 aromatic rings. The topological polar surface area (TPSA) is 53.8 Å². The van der Waals surface area contributed by atoms with Gasteiger partial charge < -0.3 is 14.2 Å². The molecule has 5 nitrogen and oxygen atoms in total. The summed E-state index contributed by atoms with van der Waals surface area (Å²) in [5.74, 6) is 0.0868. The van der Waals surface area contributed by atoms with Gasteiger partial charge in [-0.2, -0.15) is 0 Å². The molecule has 1 aromatic carbocycles. The van der Waals surface area contributed by atoms with Crippen molar-refractivity contribution in [1.82, 2.24) is 9.80 Å². The molecule has 1 saturated carbocycles. The molecule has 1 fully saturated rings. The Labute approximate surface area is 179 Å². The van der Waals surface area contributed by atoms with Crippen LogP contribution in [0.5, 0.6) is 0 Å². The van der Waals surface area contributed by atoms with Crippen LogP contribution in [0.25, 0.3) is 0 Å². The van der Waals surface area contributed by atoms with Crippen LogP contribution in [0, 0.1) is 6.92 Å². The Morgan fingerprint density at radius 3 is 2.67 bits per heavy atom. The van der Waals surface area contributed by atoms with Crippen molar-refractivity contribution >= 4 is 23.2 Å². The minimum absolute atomic E-state index is 0.00997. The third kappa shape index (κ3) is 3.56. The molecule has 30 heavy (non-hydrogen) atoms. The molecule has 6 heteroatoms. The zero-order valence-corrected chi connectivity index (χ0v) is 17.7. The van der Waals surface area contributed by atoms with Gasteiger partial charge in [0, 0.05) is 17.5 Å². The van der Waals surface area contributed by atoms with Gasteiger partial charge in [-0.15, -0.1) is 11.3 Å². The summed E-state index contributed by atoms with van der Waals surface area (Å²) >= 11 is 1.76. The van der Waals surface area contributed by atoms with Crippen LogP contribution in [0.15, 0.2) is 58.5 Å². The SMILES string of the molecule is Cc1ccc([C@@H]2c3ccsc3CCN2C(=O)CN(C(=O)c2ccco2)C2CC2)cc1. The summed E-state index contributed by atoms with van der Waals surface area (Å²) in [7, 11) is 0. The number of nitrogens with zero attached hydrogens (tertiary/aromatic N) is 2. The second-order valence-electron chi connectivity index (χ2n) is 8.09. The fourth-order valence-corrected chi connectivity index (χ4v) is 5.13. The van der Waals surface area contributed by atoms with E-state index in [0.29, 0.717) is 12.3 Å². The summed E-state index contributed by atoms with van der Waals surface area (Å²) in [6.45, 7) is 2.82. The highest BCUT2D eigenvalue weighted by Crippen LogP contribution is 2.38. The van der Waals surface area contributed by atoms with Crippen molar-refractivity contribution in [1.29, 1.82) is 0 Å². The van der Waals surface area contributed by atoms with E-state index < -0.39 is 0 Å². The number of thiophene rings is 1. The first-order valence-electron chi connectivity index (χ1n) is 10.4. The number of fused-ring (bicyclic) bond motifs is 1. The zero-order chi connectivity index (χ0) is 20.7. The van der Waals surface area contributed by atoms with Crippen LogP contribution in [0.3, 0.4) is 0 Å². The lowest BCUT2D eigenvalue weighted by Gasteiger charge is -2.37. The van der Waals surface area contributed by atoms with Crippen molar-refractivity contribution < 1.29 is 14.0 Å². The van der Waals surface area contributed by atoms with Crippen molar-refractivity contribution in [2.75, 3.05) is 13.1 Å². The number of carbonyl (C=O) groups is 2. The molecule has 3 heterocycles. The molecule has 0 saturated heterocycles. The first-order chi connectivity index (χ1) is 14.6. The Hall–Kier alpha value is -2.86. The number of hydrogen-bond acceptors (Lipinski definition) is 4. The van der Waals surface area contributed by atoms with Crippen LogP contribution in [0.1, 0.15) is 51.0 Å². The van der Waals surface area contributed by atoms with Crippen molar-refractivity contribution in [2.45, 2.75) is 38.3 Å². The number of amides is 2. The summed E-state index contributed by atoms with van der Waals surface area (Å²) in [5, 5.41) is 2.11. The number of furan rings is 1. The van der Waals surface area contributed by atoms with Crippen molar-refractivity contribution in [3.05, 3.63) is 81.4 Å². The van der Waals surface area contributed by atoms with Crippen LogP contribution < -0.4 is 0 Å². The van der Waals surface area contributed by atoms with Gasteiger partial charge in [0.1, 0.15) is 6.54 Å². The van der Waals surface area contributed by atoms with Crippen LogP contribution in [0.4, 0.5) is 0 Å². The highest BCUT2D eigenvalue weighted by molar-refractivity contribution is 7.10. The maximum atomic E-state index is 13.5. The fourth-order valence-electron chi connectivity index (χ4n) is 4.22. The molecule has 2 amide bonds. The average Bonchev–Trinajstić information content (AvgIpc) is 3.24. The van der Waals surface area contributed by atoms with Crippen LogP contribution >= 0.6 is 11.3 Å². The molecular weight excluding hydrogens is 396 g/mol. The number of hydrogen-bond donors (Lipinski definition) is 0. The van der Waals surface area contributed by atoms with Gasteiger partial charge in [-0.25, -0.2) is 0 Å². The van der Waals surface area contributed by atoms with Crippen LogP contribution in [-0.2, 0) is 11.2 Å². The van der Waals surface area contributed by atoms with E-state index in [2.05, 4.69) is 42.6 Å². The Balaban J connectivity index is 1.43. The van der Waals surface area contributed by atoms with E-state index in [4.69, 9.17) is 4.42 Å². The molecule has 0 bridgehead atoms. The van der Waals surface area contributed by atoms with Crippen LogP contribution in [-0.4, -0.2) is 40.7 Å². The summed E-state index contributed by atoms with van der Waals surface area (Å²) in [4.78, 5) is 31.4. The summed E-state index contributed by atoms with van der Waals surface area (Å²) in [6, 6.07) is 13.9. The molecule has 0 unspecified atom stereocenters. The van der Waals surface area contributed by atoms with Gasteiger partial charge in [0.15, 0.2) is 5.76 Å². The second-order valence-corrected chi connectivity index (χ2v) is 9.09. The number of carbonyl (C=O) groups excluding carboxylic acids is 2. The third-order valence-corrected chi connectivity index (χ3v) is 6.96. The highest BCUT2D eigenvalue weighted by Gasteiger charge is 2.39. The molecule has 2 aliphatic rings. The van der Waals surface area contributed by atoms with Crippen molar-refractivity contribution in [3.63, 3.8) is 0 Å². The molecule has 2 aromatic heterocycles. The lowest BCUT2D eigenvalue weighted by atomic mass is 9.92. The first-order valence-corrected chi connectivity index (χ1v) is 11.3. The normalized spacial score (nSPS) is 18.2. The molecule has 154 valence electrons. The Kier molecular flexibility index (Phi) is 4.95. The lowest BCUT2D eigenvalue weighted by molar-refractivity contribution is -0.134. The summed E-state index contributed by atoms with van der Waals surface area (Å²) < 4.78 is 5.30. The van der Waals surface area contributed by atoms with E-state index in [0.717, 1.165) is 24.8 Å². The monoisotopic (exact) mass is 420 g/mol. The summed E-state index contributed by atoms with van der Waals surface area (Å²) in [5.41, 5.74) is 3.52. The molecule has 0 spiro atoms. The van der Waals surface area contributed by atoms with E-state index in [9.17, 15) is 9.59 Å². The predicted octanol–water partition coefficient (Wildman–Crippen LogP) is 4.43. The van der Waals surface area contributed by atoms with E-state index in [-0.39, 0.29) is 30.4 Å². The maximum absolute atomic E-state index is 13.5. The molecule has 1 aliphatic carbocycles. The van der Waals surface area contributed by atoms with Gasteiger partial charge in [-0.05, 0) is 60.9 Å².